The van der Waals surface area contributed by atoms with E-state index in [0.717, 1.165) is 12.8 Å². The lowest BCUT2D eigenvalue weighted by atomic mass is 9.88. The van der Waals surface area contributed by atoms with Crippen LogP contribution in [0.15, 0.2) is 18.2 Å². The van der Waals surface area contributed by atoms with Gasteiger partial charge in [0, 0.05) is 12.8 Å². The number of hydrogen-bond acceptors (Lipinski definition) is 11. The highest BCUT2D eigenvalue weighted by Crippen LogP contribution is 2.31. The van der Waals surface area contributed by atoms with Crippen LogP contribution >= 0.6 is 0 Å². The van der Waals surface area contributed by atoms with Crippen molar-refractivity contribution in [1.29, 1.82) is 0 Å². The van der Waals surface area contributed by atoms with Crippen molar-refractivity contribution in [1.82, 2.24) is 0 Å². The molecule has 0 aliphatic heterocycles. The van der Waals surface area contributed by atoms with Gasteiger partial charge in [-0.05, 0) is 36.5 Å². The highest BCUT2D eigenvalue weighted by molar-refractivity contribution is 5.81. The van der Waals surface area contributed by atoms with Crippen molar-refractivity contribution in [2.75, 3.05) is 26.9 Å². The Hall–Kier alpha value is -3.34. The number of ether oxygens (including phenoxy) is 6. The monoisotopic (exact) mass is 553 g/mol. The van der Waals surface area contributed by atoms with Gasteiger partial charge in [0.05, 0.1) is 32.8 Å². The molecule has 1 rings (SSSR count). The molecule has 2 N–H and O–H groups in total. The fraction of sp³-hybridized carbons (Fsp3) is 0.643. The van der Waals surface area contributed by atoms with Gasteiger partial charge in [-0.15, -0.1) is 0 Å². The van der Waals surface area contributed by atoms with E-state index in [9.17, 15) is 19.2 Å². The second kappa shape index (κ2) is 17.3. The van der Waals surface area contributed by atoms with Crippen molar-refractivity contribution in [2.24, 2.45) is 17.6 Å². The molecule has 0 bridgehead atoms. The Bertz CT molecular complexity index is 948. The maximum atomic E-state index is 12.6. The minimum absolute atomic E-state index is 0.0204. The molecule has 1 unspecified atom stereocenters. The number of carbonyl (C=O) groups excluding carboxylic acids is 4. The van der Waals surface area contributed by atoms with Crippen LogP contribution in [0, 0.1) is 11.8 Å². The number of carbonyl (C=O) groups is 4. The summed E-state index contributed by atoms with van der Waals surface area (Å²) in [6, 6.07) is 4.36. The average Bonchev–Trinajstić information content (AvgIpc) is 2.89. The smallest absolute Gasteiger partial charge is 0.468 e. The van der Waals surface area contributed by atoms with Crippen molar-refractivity contribution in [2.45, 2.75) is 78.7 Å². The average molecular weight is 554 g/mol. The largest absolute Gasteiger partial charge is 0.513 e. The van der Waals surface area contributed by atoms with Gasteiger partial charge in [-0.25, -0.2) is 9.59 Å². The predicted molar refractivity (Wildman–Crippen MR) is 142 cm³/mol. The molecule has 0 saturated heterocycles. The van der Waals surface area contributed by atoms with E-state index >= 15 is 0 Å². The Kier molecular flexibility index (Phi) is 14.9. The van der Waals surface area contributed by atoms with Crippen molar-refractivity contribution in [3.63, 3.8) is 0 Å². The molecule has 11 heteroatoms. The Morgan fingerprint density at radius 1 is 0.846 bits per heavy atom. The molecule has 0 spiro atoms. The van der Waals surface area contributed by atoms with Crippen LogP contribution in [0.3, 0.4) is 0 Å². The molecule has 1 aromatic rings. The topological polar surface area (TPSA) is 150 Å². The third kappa shape index (κ3) is 11.9. The van der Waals surface area contributed by atoms with E-state index in [1.807, 2.05) is 27.7 Å². The van der Waals surface area contributed by atoms with Crippen LogP contribution in [0.5, 0.6) is 11.5 Å². The fourth-order valence-corrected chi connectivity index (χ4v) is 3.23. The third-order valence-corrected chi connectivity index (χ3v) is 6.11. The Morgan fingerprint density at radius 2 is 1.41 bits per heavy atom. The molecule has 39 heavy (non-hydrogen) atoms. The zero-order chi connectivity index (χ0) is 29.4. The van der Waals surface area contributed by atoms with Crippen molar-refractivity contribution in [3.05, 3.63) is 23.8 Å². The van der Waals surface area contributed by atoms with Gasteiger partial charge in [0.1, 0.15) is 5.54 Å². The second-order valence-corrected chi connectivity index (χ2v) is 9.66. The molecule has 1 aromatic carbocycles. The van der Waals surface area contributed by atoms with Gasteiger partial charge < -0.3 is 34.2 Å². The van der Waals surface area contributed by atoms with Crippen LogP contribution < -0.4 is 15.2 Å². The Balaban J connectivity index is 3.12. The first-order valence-corrected chi connectivity index (χ1v) is 13.3. The summed E-state index contributed by atoms with van der Waals surface area (Å²) in [5, 5.41) is 0. The predicted octanol–water partition coefficient (Wildman–Crippen LogP) is 4.96. The van der Waals surface area contributed by atoms with Crippen LogP contribution in [0.2, 0.25) is 0 Å². The van der Waals surface area contributed by atoms with Crippen LogP contribution in [-0.4, -0.2) is 56.7 Å². The van der Waals surface area contributed by atoms with Gasteiger partial charge in [0.15, 0.2) is 11.5 Å². The molecule has 2 atom stereocenters. The van der Waals surface area contributed by atoms with Crippen LogP contribution in [0.25, 0.3) is 0 Å². The molecule has 0 aliphatic carbocycles. The first-order valence-electron chi connectivity index (χ1n) is 13.3. The number of nitrogens with two attached hydrogens (primary N) is 1. The Morgan fingerprint density at radius 3 is 1.92 bits per heavy atom. The summed E-state index contributed by atoms with van der Waals surface area (Å²) in [6.45, 7) is 9.72. The first-order chi connectivity index (χ1) is 18.5. The molecular weight excluding hydrogens is 510 g/mol. The van der Waals surface area contributed by atoms with Gasteiger partial charge >= 0.3 is 24.2 Å². The zero-order valence-corrected chi connectivity index (χ0v) is 23.9. The van der Waals surface area contributed by atoms with Gasteiger partial charge in [-0.2, -0.15) is 0 Å². The summed E-state index contributed by atoms with van der Waals surface area (Å²) >= 11 is 0. The number of unbranched alkanes of at least 4 members (excludes halogenated alkanes) is 2. The highest BCUT2D eigenvalue weighted by atomic mass is 16.7. The third-order valence-electron chi connectivity index (χ3n) is 6.11. The summed E-state index contributed by atoms with van der Waals surface area (Å²) < 4.78 is 30.9. The molecule has 220 valence electrons. The van der Waals surface area contributed by atoms with E-state index in [2.05, 4.69) is 0 Å². The van der Waals surface area contributed by atoms with E-state index in [1.54, 1.807) is 13.0 Å². The SMILES string of the molecule is CCCCOC(=O)Oc1ccc(C[C@](N)(CCOC(=O)C(C)C(C)C)C(=O)OC)cc1OC(=O)OCCCC. The molecule has 0 heterocycles. The van der Waals surface area contributed by atoms with Gasteiger partial charge in [0.25, 0.3) is 0 Å². The number of esters is 2. The van der Waals surface area contributed by atoms with E-state index in [1.165, 1.54) is 19.2 Å². The quantitative estimate of drug-likeness (QED) is 0.128. The lowest BCUT2D eigenvalue weighted by Crippen LogP contribution is -2.51. The molecule has 0 fully saturated rings. The molecular formula is C28H43NO10. The zero-order valence-electron chi connectivity index (χ0n) is 23.9. The number of methoxy groups -OCH3 is 1. The van der Waals surface area contributed by atoms with Crippen LogP contribution in [0.4, 0.5) is 9.59 Å². The van der Waals surface area contributed by atoms with E-state index < -0.39 is 23.8 Å². The molecule has 0 aliphatic rings. The van der Waals surface area contributed by atoms with Crippen molar-refractivity contribution < 1.29 is 47.6 Å². The molecule has 0 amide bonds. The number of benzene rings is 1. The number of rotatable bonds is 16. The lowest BCUT2D eigenvalue weighted by Gasteiger charge is -2.27. The van der Waals surface area contributed by atoms with E-state index in [4.69, 9.17) is 34.2 Å². The molecule has 0 aromatic heterocycles. The van der Waals surface area contributed by atoms with E-state index in [0.29, 0.717) is 18.4 Å². The first kappa shape index (κ1) is 33.7. The minimum atomic E-state index is -1.56. The summed E-state index contributed by atoms with van der Waals surface area (Å²) in [6.07, 6.45) is 0.947. The highest BCUT2D eigenvalue weighted by Gasteiger charge is 2.36. The van der Waals surface area contributed by atoms with Crippen LogP contribution in [0.1, 0.15) is 72.3 Å². The van der Waals surface area contributed by atoms with Crippen molar-refractivity contribution in [3.8, 4) is 11.5 Å². The summed E-state index contributed by atoms with van der Waals surface area (Å²) in [5.41, 5.74) is 5.33. The number of hydrogen-bond donors (Lipinski definition) is 1. The Labute approximate surface area is 230 Å². The van der Waals surface area contributed by atoms with E-state index in [-0.39, 0.29) is 62.0 Å². The summed E-state index contributed by atoms with van der Waals surface area (Å²) in [5.74, 6) is -1.51. The van der Waals surface area contributed by atoms with Crippen LogP contribution in [-0.2, 0) is 35.0 Å². The minimum Gasteiger partial charge on any atom is -0.468 e. The van der Waals surface area contributed by atoms with Gasteiger partial charge in [-0.3, -0.25) is 9.59 Å². The molecule has 0 radical (unpaired) electrons. The summed E-state index contributed by atoms with van der Waals surface area (Å²) in [7, 11) is 1.21. The molecule has 0 saturated carbocycles. The standard InChI is InChI=1S/C28H43NO10/c1-7-9-14-36-26(32)38-22-12-11-21(17-23(22)39-27(33)37-15-10-8-2)18-28(29,25(31)34-6)13-16-35-24(30)20(5)19(3)4/h11-12,17,19-20H,7-10,13-16,18,29H2,1-6H3/t20?,28-/m1/s1. The second-order valence-electron chi connectivity index (χ2n) is 9.66. The maximum Gasteiger partial charge on any atom is 0.513 e. The maximum absolute atomic E-state index is 12.6. The lowest BCUT2D eigenvalue weighted by molar-refractivity contribution is -0.153. The summed E-state index contributed by atoms with van der Waals surface area (Å²) in [4.78, 5) is 49.2. The van der Waals surface area contributed by atoms with Gasteiger partial charge in [-0.1, -0.05) is 53.5 Å². The van der Waals surface area contributed by atoms with Gasteiger partial charge in [0.2, 0.25) is 0 Å². The van der Waals surface area contributed by atoms with Crippen molar-refractivity contribution >= 4 is 24.2 Å². The fourth-order valence-electron chi connectivity index (χ4n) is 3.23. The normalized spacial score (nSPS) is 13.1. The molecule has 11 nitrogen and oxygen atoms in total.